The molecule has 28 heavy (non-hydrogen) atoms. The van der Waals surface area contributed by atoms with Crippen molar-refractivity contribution in [1.82, 2.24) is 9.97 Å². The number of aromatic amines is 1. The van der Waals surface area contributed by atoms with Crippen molar-refractivity contribution in [3.8, 4) is 17.0 Å². The van der Waals surface area contributed by atoms with E-state index in [0.717, 1.165) is 22.2 Å². The van der Waals surface area contributed by atoms with Crippen LogP contribution in [0, 0.1) is 10.1 Å². The first-order valence-corrected chi connectivity index (χ1v) is 9.17. The predicted molar refractivity (Wildman–Crippen MR) is 107 cm³/mol. The van der Waals surface area contributed by atoms with Gasteiger partial charge in [-0.05, 0) is 18.2 Å². The Kier molecular flexibility index (Phi) is 4.73. The monoisotopic (exact) mass is 394 g/mol. The lowest BCUT2D eigenvalue weighted by molar-refractivity contribution is -0.384. The molecule has 0 unspecified atom stereocenters. The van der Waals surface area contributed by atoms with E-state index in [-0.39, 0.29) is 18.2 Å². The first-order valence-electron chi connectivity index (χ1n) is 8.29. The van der Waals surface area contributed by atoms with E-state index in [2.05, 4.69) is 15.3 Å². The summed E-state index contributed by atoms with van der Waals surface area (Å²) < 4.78 is 5.35. The standard InChI is InChI=1S/C19H14N4O4S/c24-18(10-27-13-7-5-12(6-8-13)23(25)26)22-19-21-17(11-28-19)15-9-20-16-4-2-1-3-14(15)16/h1-9,11,20H,10H2,(H,21,22,24). The number of carbonyl (C=O) groups excluding carboxylic acids is 1. The van der Waals surface area contributed by atoms with Gasteiger partial charge in [0.15, 0.2) is 11.7 Å². The van der Waals surface area contributed by atoms with Crippen LogP contribution in [0.3, 0.4) is 0 Å². The summed E-state index contributed by atoms with van der Waals surface area (Å²) in [4.78, 5) is 29.9. The van der Waals surface area contributed by atoms with E-state index in [1.165, 1.54) is 35.6 Å². The van der Waals surface area contributed by atoms with E-state index in [1.54, 1.807) is 0 Å². The number of H-pyrrole nitrogens is 1. The smallest absolute Gasteiger partial charge is 0.269 e. The molecule has 2 N–H and O–H groups in total. The van der Waals surface area contributed by atoms with Crippen molar-refractivity contribution in [3.05, 3.63) is 70.2 Å². The predicted octanol–water partition coefficient (Wildman–Crippen LogP) is 4.22. The van der Waals surface area contributed by atoms with Gasteiger partial charge in [0, 0.05) is 40.2 Å². The highest BCUT2D eigenvalue weighted by Gasteiger charge is 2.12. The number of hydrogen-bond acceptors (Lipinski definition) is 6. The molecule has 0 aliphatic heterocycles. The molecule has 0 spiro atoms. The number of nitrogens with one attached hydrogen (secondary N) is 2. The van der Waals surface area contributed by atoms with Crippen LogP contribution in [-0.2, 0) is 4.79 Å². The molecule has 0 atom stereocenters. The Bertz CT molecular complexity index is 1150. The molecule has 9 heteroatoms. The average Bonchev–Trinajstić information content (AvgIpc) is 3.33. The van der Waals surface area contributed by atoms with E-state index in [0.29, 0.717) is 10.9 Å². The molecule has 0 fully saturated rings. The summed E-state index contributed by atoms with van der Waals surface area (Å²) >= 11 is 1.32. The summed E-state index contributed by atoms with van der Waals surface area (Å²) in [5.41, 5.74) is 2.72. The third-order valence-electron chi connectivity index (χ3n) is 4.03. The second kappa shape index (κ2) is 7.49. The Balaban J connectivity index is 1.38. The minimum absolute atomic E-state index is 0.0376. The molecule has 4 rings (SSSR count). The first kappa shape index (κ1) is 17.7. The lowest BCUT2D eigenvalue weighted by Crippen LogP contribution is -2.20. The van der Waals surface area contributed by atoms with Crippen LogP contribution in [-0.4, -0.2) is 27.4 Å². The Hall–Kier alpha value is -3.72. The number of nitrogens with zero attached hydrogens (tertiary/aromatic N) is 2. The molecule has 0 saturated heterocycles. The topological polar surface area (TPSA) is 110 Å². The van der Waals surface area contributed by atoms with E-state index in [1.807, 2.05) is 35.8 Å². The number of ether oxygens (including phenoxy) is 1. The van der Waals surface area contributed by atoms with E-state index in [4.69, 9.17) is 4.74 Å². The fourth-order valence-electron chi connectivity index (χ4n) is 2.71. The number of rotatable bonds is 6. The van der Waals surface area contributed by atoms with Gasteiger partial charge in [-0.25, -0.2) is 4.98 Å². The molecular weight excluding hydrogens is 380 g/mol. The number of anilines is 1. The summed E-state index contributed by atoms with van der Waals surface area (Å²) in [6, 6.07) is 13.5. The zero-order valence-corrected chi connectivity index (χ0v) is 15.2. The Morgan fingerprint density at radius 2 is 2.00 bits per heavy atom. The highest BCUT2D eigenvalue weighted by atomic mass is 32.1. The van der Waals surface area contributed by atoms with Crippen molar-refractivity contribution in [1.29, 1.82) is 0 Å². The fraction of sp³-hybridized carbons (Fsp3) is 0.0526. The van der Waals surface area contributed by atoms with Crippen LogP contribution in [0.1, 0.15) is 0 Å². The number of hydrogen-bond donors (Lipinski definition) is 2. The summed E-state index contributed by atoms with van der Waals surface area (Å²) in [5.74, 6) is 0.0116. The van der Waals surface area contributed by atoms with E-state index < -0.39 is 4.92 Å². The van der Waals surface area contributed by atoms with E-state index in [9.17, 15) is 14.9 Å². The molecule has 0 aliphatic carbocycles. The minimum atomic E-state index is -0.496. The third-order valence-corrected chi connectivity index (χ3v) is 4.79. The van der Waals surface area contributed by atoms with Gasteiger partial charge >= 0.3 is 0 Å². The maximum Gasteiger partial charge on any atom is 0.269 e. The maximum absolute atomic E-state index is 12.1. The normalized spacial score (nSPS) is 10.7. The van der Waals surface area contributed by atoms with Gasteiger partial charge in [0.1, 0.15) is 5.75 Å². The van der Waals surface area contributed by atoms with Gasteiger partial charge < -0.3 is 9.72 Å². The van der Waals surface area contributed by atoms with Crippen LogP contribution in [0.15, 0.2) is 60.1 Å². The summed E-state index contributed by atoms with van der Waals surface area (Å²) in [7, 11) is 0. The number of amides is 1. The Labute approximate surface area is 163 Å². The van der Waals surface area contributed by atoms with Gasteiger partial charge in [-0.2, -0.15) is 0 Å². The molecule has 2 heterocycles. The molecule has 0 aliphatic rings. The highest BCUT2D eigenvalue weighted by Crippen LogP contribution is 2.30. The highest BCUT2D eigenvalue weighted by molar-refractivity contribution is 7.14. The van der Waals surface area contributed by atoms with Crippen molar-refractivity contribution in [2.24, 2.45) is 0 Å². The molecule has 4 aromatic rings. The lowest BCUT2D eigenvalue weighted by atomic mass is 10.1. The molecule has 0 saturated carbocycles. The van der Waals surface area contributed by atoms with Crippen molar-refractivity contribution in [2.75, 3.05) is 11.9 Å². The van der Waals surface area contributed by atoms with Gasteiger partial charge in [0.05, 0.1) is 10.6 Å². The zero-order valence-electron chi connectivity index (χ0n) is 14.4. The molecule has 8 nitrogen and oxygen atoms in total. The van der Waals surface area contributed by atoms with Crippen molar-refractivity contribution in [2.45, 2.75) is 0 Å². The van der Waals surface area contributed by atoms with Gasteiger partial charge in [0.2, 0.25) is 0 Å². The number of thiazole rings is 1. The van der Waals surface area contributed by atoms with Crippen LogP contribution >= 0.6 is 11.3 Å². The van der Waals surface area contributed by atoms with Crippen molar-refractivity contribution in [3.63, 3.8) is 0 Å². The van der Waals surface area contributed by atoms with Crippen LogP contribution in [0.2, 0.25) is 0 Å². The van der Waals surface area contributed by atoms with Gasteiger partial charge in [-0.15, -0.1) is 11.3 Å². The average molecular weight is 394 g/mol. The lowest BCUT2D eigenvalue weighted by Gasteiger charge is -2.05. The first-order chi connectivity index (χ1) is 13.6. The number of nitro benzene ring substituents is 1. The second-order valence-corrected chi connectivity index (χ2v) is 6.73. The molecule has 2 aromatic carbocycles. The van der Waals surface area contributed by atoms with Crippen LogP contribution in [0.4, 0.5) is 10.8 Å². The molecule has 1 amide bonds. The van der Waals surface area contributed by atoms with Crippen molar-refractivity contribution >= 4 is 39.0 Å². The molecule has 0 bridgehead atoms. The number of carbonyl (C=O) groups is 1. The largest absolute Gasteiger partial charge is 0.484 e. The number of non-ortho nitro benzene ring substituents is 1. The fourth-order valence-corrected chi connectivity index (χ4v) is 3.43. The second-order valence-electron chi connectivity index (χ2n) is 5.87. The molecular formula is C19H14N4O4S. The SMILES string of the molecule is O=C(COc1ccc([N+](=O)[O-])cc1)Nc1nc(-c2c[nH]c3ccccc23)cs1. The number of nitro groups is 1. The summed E-state index contributed by atoms with van der Waals surface area (Å²) in [5, 5.41) is 16.7. The minimum Gasteiger partial charge on any atom is -0.484 e. The Morgan fingerprint density at radius 3 is 2.79 bits per heavy atom. The number of benzene rings is 2. The van der Waals surface area contributed by atoms with Crippen LogP contribution in [0.25, 0.3) is 22.2 Å². The van der Waals surface area contributed by atoms with Gasteiger partial charge in [-0.3, -0.25) is 20.2 Å². The third kappa shape index (κ3) is 3.69. The quantitative estimate of drug-likeness (QED) is 0.376. The van der Waals surface area contributed by atoms with Gasteiger partial charge in [0.25, 0.3) is 11.6 Å². The van der Waals surface area contributed by atoms with Crippen molar-refractivity contribution < 1.29 is 14.5 Å². The van der Waals surface area contributed by atoms with Gasteiger partial charge in [-0.1, -0.05) is 18.2 Å². The molecule has 140 valence electrons. The Morgan fingerprint density at radius 1 is 1.21 bits per heavy atom. The summed E-state index contributed by atoms with van der Waals surface area (Å²) in [6.45, 7) is -0.222. The molecule has 0 radical (unpaired) electrons. The number of para-hydroxylation sites is 1. The maximum atomic E-state index is 12.1. The number of aromatic nitrogens is 2. The van der Waals surface area contributed by atoms with Crippen LogP contribution in [0.5, 0.6) is 5.75 Å². The van der Waals surface area contributed by atoms with E-state index >= 15 is 0 Å². The van der Waals surface area contributed by atoms with Crippen LogP contribution < -0.4 is 10.1 Å². The number of fused-ring (bicyclic) bond motifs is 1. The summed E-state index contributed by atoms with van der Waals surface area (Å²) in [6.07, 6.45) is 1.89. The zero-order chi connectivity index (χ0) is 19.5. The molecule has 2 aromatic heterocycles.